The van der Waals surface area contributed by atoms with Crippen molar-refractivity contribution in [3.05, 3.63) is 70.6 Å². The van der Waals surface area contributed by atoms with Gasteiger partial charge in [0, 0.05) is 24.9 Å². The van der Waals surface area contributed by atoms with Crippen LogP contribution in [0.15, 0.2) is 42.6 Å². The van der Waals surface area contributed by atoms with Gasteiger partial charge in [-0.05, 0) is 87.3 Å². The summed E-state index contributed by atoms with van der Waals surface area (Å²) in [7, 11) is 1.41. The molecule has 0 atom stereocenters. The van der Waals surface area contributed by atoms with Crippen LogP contribution in [0.3, 0.4) is 0 Å². The predicted octanol–water partition coefficient (Wildman–Crippen LogP) is 5.05. The number of allylic oxidation sites excluding steroid dienone is 1. The standard InChI is InChI=1S/C27H32N2O4/c1-27(2,3)33-26(31)29-16-19(17-29)13-18-9-12-24(28-15-18)23-8-6-5-7-20-14-21(25(30)32-4)10-11-22(20)23/h8-12,14-15,19H,5-7,13,16-17H2,1-4H3. The first-order valence-corrected chi connectivity index (χ1v) is 11.6. The minimum atomic E-state index is -0.464. The Hall–Kier alpha value is -3.15. The number of amides is 1. The Morgan fingerprint density at radius 2 is 1.94 bits per heavy atom. The highest BCUT2D eigenvalue weighted by Crippen LogP contribution is 2.31. The Morgan fingerprint density at radius 1 is 1.15 bits per heavy atom. The minimum Gasteiger partial charge on any atom is -0.465 e. The lowest BCUT2D eigenvalue weighted by Gasteiger charge is -2.39. The maximum atomic E-state index is 12.1. The molecule has 0 N–H and O–H groups in total. The van der Waals surface area contributed by atoms with E-state index >= 15 is 0 Å². The van der Waals surface area contributed by atoms with Gasteiger partial charge in [-0.2, -0.15) is 0 Å². The number of ether oxygens (including phenoxy) is 2. The van der Waals surface area contributed by atoms with Crippen LogP contribution in [0.25, 0.3) is 5.57 Å². The zero-order chi connectivity index (χ0) is 23.6. The number of rotatable bonds is 4. The molecule has 1 fully saturated rings. The molecule has 2 aromatic rings. The highest BCUT2D eigenvalue weighted by atomic mass is 16.6. The number of pyridine rings is 1. The molecule has 0 bridgehead atoms. The van der Waals surface area contributed by atoms with Crippen LogP contribution >= 0.6 is 0 Å². The van der Waals surface area contributed by atoms with E-state index in [1.807, 2.05) is 45.2 Å². The Balaban J connectivity index is 1.42. The van der Waals surface area contributed by atoms with Crippen LogP contribution in [0.5, 0.6) is 0 Å². The second-order valence-electron chi connectivity index (χ2n) is 9.88. The fraction of sp³-hybridized carbons (Fsp3) is 0.444. The van der Waals surface area contributed by atoms with Gasteiger partial charge >= 0.3 is 12.1 Å². The van der Waals surface area contributed by atoms with E-state index in [-0.39, 0.29) is 12.1 Å². The molecule has 6 nitrogen and oxygen atoms in total. The van der Waals surface area contributed by atoms with Crippen molar-refractivity contribution < 1.29 is 19.1 Å². The zero-order valence-electron chi connectivity index (χ0n) is 19.9. The summed E-state index contributed by atoms with van der Waals surface area (Å²) in [5.74, 6) is 0.121. The third kappa shape index (κ3) is 5.44. The molecule has 1 aliphatic heterocycles. The summed E-state index contributed by atoms with van der Waals surface area (Å²) >= 11 is 0. The van der Waals surface area contributed by atoms with Crippen molar-refractivity contribution in [2.45, 2.75) is 52.1 Å². The van der Waals surface area contributed by atoms with Gasteiger partial charge in [0.1, 0.15) is 5.60 Å². The number of carbonyl (C=O) groups excluding carboxylic acids is 2. The summed E-state index contributed by atoms with van der Waals surface area (Å²) in [6.07, 6.45) is 7.79. The molecule has 174 valence electrons. The Labute approximate surface area is 195 Å². The van der Waals surface area contributed by atoms with E-state index in [1.165, 1.54) is 12.7 Å². The van der Waals surface area contributed by atoms with Crippen LogP contribution in [0, 0.1) is 5.92 Å². The van der Waals surface area contributed by atoms with Gasteiger partial charge in [0.15, 0.2) is 0 Å². The van der Waals surface area contributed by atoms with Crippen molar-refractivity contribution in [2.24, 2.45) is 5.92 Å². The van der Waals surface area contributed by atoms with Crippen molar-refractivity contribution in [3.8, 4) is 0 Å². The number of benzene rings is 1. The van der Waals surface area contributed by atoms with Crippen molar-refractivity contribution in [1.29, 1.82) is 0 Å². The molecule has 4 rings (SSSR count). The van der Waals surface area contributed by atoms with E-state index in [0.29, 0.717) is 11.5 Å². The lowest BCUT2D eigenvalue weighted by molar-refractivity contribution is -0.000898. The molecule has 1 saturated heterocycles. The zero-order valence-corrected chi connectivity index (χ0v) is 19.9. The maximum Gasteiger partial charge on any atom is 0.410 e. The molecule has 0 saturated carbocycles. The van der Waals surface area contributed by atoms with Gasteiger partial charge in [-0.1, -0.05) is 18.2 Å². The van der Waals surface area contributed by atoms with E-state index in [0.717, 1.165) is 61.2 Å². The first kappa shape index (κ1) is 23.0. The van der Waals surface area contributed by atoms with Gasteiger partial charge < -0.3 is 14.4 Å². The number of aromatic nitrogens is 1. The smallest absolute Gasteiger partial charge is 0.410 e. The van der Waals surface area contributed by atoms with Crippen molar-refractivity contribution >= 4 is 17.6 Å². The Kier molecular flexibility index (Phi) is 6.54. The largest absolute Gasteiger partial charge is 0.465 e. The summed E-state index contributed by atoms with van der Waals surface area (Å²) < 4.78 is 10.3. The normalized spacial score (nSPS) is 16.2. The molecule has 1 amide bonds. The number of aryl methyl sites for hydroxylation is 1. The third-order valence-corrected chi connectivity index (χ3v) is 6.05. The monoisotopic (exact) mass is 448 g/mol. The number of esters is 1. The summed E-state index contributed by atoms with van der Waals surface area (Å²) in [5.41, 5.74) is 5.64. The number of nitrogens with zero attached hydrogens (tertiary/aromatic N) is 2. The number of carbonyl (C=O) groups is 2. The van der Waals surface area contributed by atoms with Crippen LogP contribution in [0.2, 0.25) is 0 Å². The first-order valence-electron chi connectivity index (χ1n) is 11.6. The van der Waals surface area contributed by atoms with Gasteiger partial charge in [0.05, 0.1) is 18.4 Å². The Morgan fingerprint density at radius 3 is 2.61 bits per heavy atom. The second kappa shape index (κ2) is 9.38. The van der Waals surface area contributed by atoms with Crippen molar-refractivity contribution in [2.75, 3.05) is 20.2 Å². The molecule has 6 heteroatoms. The van der Waals surface area contributed by atoms with E-state index in [4.69, 9.17) is 14.5 Å². The predicted molar refractivity (Wildman–Crippen MR) is 127 cm³/mol. The average molecular weight is 449 g/mol. The van der Waals surface area contributed by atoms with Crippen LogP contribution < -0.4 is 0 Å². The lowest BCUT2D eigenvalue weighted by atomic mass is 9.92. The topological polar surface area (TPSA) is 68.7 Å². The molecule has 1 aromatic carbocycles. The first-order chi connectivity index (χ1) is 15.7. The van der Waals surface area contributed by atoms with E-state index < -0.39 is 5.60 Å². The van der Waals surface area contributed by atoms with Gasteiger partial charge in [0.2, 0.25) is 0 Å². The fourth-order valence-corrected chi connectivity index (χ4v) is 4.41. The van der Waals surface area contributed by atoms with Crippen LogP contribution in [0.1, 0.15) is 66.4 Å². The van der Waals surface area contributed by atoms with E-state index in [2.05, 4.69) is 18.2 Å². The highest BCUT2D eigenvalue weighted by Gasteiger charge is 2.33. The van der Waals surface area contributed by atoms with Gasteiger partial charge in [-0.25, -0.2) is 9.59 Å². The maximum absolute atomic E-state index is 12.1. The van der Waals surface area contributed by atoms with Crippen LogP contribution in [0.4, 0.5) is 4.79 Å². The van der Waals surface area contributed by atoms with E-state index in [1.54, 1.807) is 4.90 Å². The lowest BCUT2D eigenvalue weighted by Crippen LogP contribution is -2.52. The number of hydrogen-bond donors (Lipinski definition) is 0. The second-order valence-corrected chi connectivity index (χ2v) is 9.88. The minimum absolute atomic E-state index is 0.235. The highest BCUT2D eigenvalue weighted by molar-refractivity contribution is 5.91. The molecule has 0 spiro atoms. The number of fused-ring (bicyclic) bond motifs is 1. The number of likely N-dealkylation sites (tertiary alicyclic amines) is 1. The van der Waals surface area contributed by atoms with Gasteiger partial charge in [-0.3, -0.25) is 4.98 Å². The van der Waals surface area contributed by atoms with Crippen LogP contribution in [-0.2, 0) is 22.3 Å². The fourth-order valence-electron chi connectivity index (χ4n) is 4.41. The van der Waals surface area contributed by atoms with Gasteiger partial charge in [0.25, 0.3) is 0 Å². The summed E-state index contributed by atoms with van der Waals surface area (Å²) in [5, 5.41) is 0. The molecule has 1 aromatic heterocycles. The molecule has 33 heavy (non-hydrogen) atoms. The van der Waals surface area contributed by atoms with Crippen LogP contribution in [-0.4, -0.2) is 47.7 Å². The molecule has 2 heterocycles. The number of methoxy groups -OCH3 is 1. The average Bonchev–Trinajstić information content (AvgIpc) is 2.96. The van der Waals surface area contributed by atoms with Crippen molar-refractivity contribution in [1.82, 2.24) is 9.88 Å². The van der Waals surface area contributed by atoms with Gasteiger partial charge in [-0.15, -0.1) is 0 Å². The SMILES string of the molecule is COC(=O)c1ccc2c(c1)CCCC=C2c1ccc(CC2CN(C(=O)OC(C)(C)C)C2)cn1. The molecular weight excluding hydrogens is 416 g/mol. The van der Waals surface area contributed by atoms with E-state index in [9.17, 15) is 9.59 Å². The molecule has 1 aliphatic carbocycles. The third-order valence-electron chi connectivity index (χ3n) is 6.05. The Bertz CT molecular complexity index is 1060. The molecule has 0 radical (unpaired) electrons. The molecule has 0 unspecified atom stereocenters. The summed E-state index contributed by atoms with van der Waals surface area (Å²) in [6, 6.07) is 9.99. The quantitative estimate of drug-likeness (QED) is 0.613. The summed E-state index contributed by atoms with van der Waals surface area (Å²) in [4.78, 5) is 30.6. The van der Waals surface area contributed by atoms with Crippen molar-refractivity contribution in [3.63, 3.8) is 0 Å². The number of hydrogen-bond acceptors (Lipinski definition) is 5. The molecular formula is C27H32N2O4. The summed E-state index contributed by atoms with van der Waals surface area (Å²) in [6.45, 7) is 7.09. The molecule has 2 aliphatic rings.